The van der Waals surface area contributed by atoms with Crippen LogP contribution in [0.2, 0.25) is 0 Å². The Morgan fingerprint density at radius 3 is 2.84 bits per heavy atom. The molecular formula is C14H17NO3S. The molecule has 1 aromatic rings. The molecule has 0 radical (unpaired) electrons. The molecule has 2 rings (SSSR count). The fraction of sp³-hybridized carbons (Fsp3) is 0.429. The highest BCUT2D eigenvalue weighted by Crippen LogP contribution is 2.22. The summed E-state index contributed by atoms with van der Waals surface area (Å²) in [4.78, 5) is 24.6. The average Bonchev–Trinajstić information content (AvgIpc) is 2.87. The molecule has 4 nitrogen and oxygen atoms in total. The number of benzene rings is 1. The third-order valence-electron chi connectivity index (χ3n) is 3.36. The molecule has 102 valence electrons. The summed E-state index contributed by atoms with van der Waals surface area (Å²) in [6, 6.07) is 7.30. The van der Waals surface area contributed by atoms with Crippen molar-refractivity contribution in [1.29, 1.82) is 0 Å². The molecule has 1 aliphatic heterocycles. The summed E-state index contributed by atoms with van der Waals surface area (Å²) >= 11 is 1.50. The third kappa shape index (κ3) is 3.29. The van der Waals surface area contributed by atoms with Gasteiger partial charge in [0.05, 0.1) is 5.88 Å². The molecule has 1 atom stereocenters. The minimum absolute atomic E-state index is 0.0688. The predicted octanol–water partition coefficient (Wildman–Crippen LogP) is 1.91. The first-order valence-electron chi connectivity index (χ1n) is 6.24. The van der Waals surface area contributed by atoms with Crippen molar-refractivity contribution < 1.29 is 14.7 Å². The second-order valence-corrected chi connectivity index (χ2v) is 5.64. The standard InChI is InChI=1S/C14H17NO3S/c1-10-4-2-3-5-11(10)6-7-13(16)15-9-19-8-12(15)14(17)18/h2-5,12H,6-9H2,1H3,(H,17,18)/t12-/m0/s1. The zero-order valence-electron chi connectivity index (χ0n) is 10.8. The molecule has 0 aromatic heterocycles. The number of amides is 1. The molecule has 0 unspecified atom stereocenters. The van der Waals surface area contributed by atoms with Crippen molar-refractivity contribution >= 4 is 23.6 Å². The molecule has 5 heteroatoms. The van der Waals surface area contributed by atoms with Crippen molar-refractivity contribution in [1.82, 2.24) is 4.90 Å². The summed E-state index contributed by atoms with van der Waals surface area (Å²) in [5, 5.41) is 9.05. The Balaban J connectivity index is 1.95. The topological polar surface area (TPSA) is 57.6 Å². The van der Waals surface area contributed by atoms with Gasteiger partial charge in [-0.1, -0.05) is 24.3 Å². The fourth-order valence-corrected chi connectivity index (χ4v) is 3.34. The Morgan fingerprint density at radius 1 is 1.42 bits per heavy atom. The lowest BCUT2D eigenvalue weighted by Gasteiger charge is -2.20. The molecule has 0 saturated carbocycles. The van der Waals surface area contributed by atoms with Crippen LogP contribution in [-0.2, 0) is 16.0 Å². The van der Waals surface area contributed by atoms with Gasteiger partial charge in [0, 0.05) is 12.2 Å². The summed E-state index contributed by atoms with van der Waals surface area (Å²) in [6.07, 6.45) is 1.04. The van der Waals surface area contributed by atoms with Gasteiger partial charge in [0.25, 0.3) is 0 Å². The number of carbonyl (C=O) groups excluding carboxylic acids is 1. The molecule has 1 aliphatic rings. The van der Waals surface area contributed by atoms with Crippen LogP contribution in [0.4, 0.5) is 0 Å². The molecule has 1 N–H and O–H groups in total. The van der Waals surface area contributed by atoms with E-state index in [1.807, 2.05) is 31.2 Å². The minimum Gasteiger partial charge on any atom is -0.480 e. The van der Waals surface area contributed by atoms with E-state index in [1.165, 1.54) is 22.2 Å². The van der Waals surface area contributed by atoms with E-state index in [2.05, 4.69) is 0 Å². The number of hydrogen-bond acceptors (Lipinski definition) is 3. The first kappa shape index (κ1) is 13.9. The summed E-state index contributed by atoms with van der Waals surface area (Å²) in [5.41, 5.74) is 2.32. The van der Waals surface area contributed by atoms with E-state index < -0.39 is 12.0 Å². The molecule has 0 bridgehead atoms. The molecule has 0 spiro atoms. The maximum atomic E-state index is 12.1. The first-order valence-corrected chi connectivity index (χ1v) is 7.39. The van der Waals surface area contributed by atoms with Crippen molar-refractivity contribution in [2.75, 3.05) is 11.6 Å². The van der Waals surface area contributed by atoms with Gasteiger partial charge in [-0.15, -0.1) is 11.8 Å². The van der Waals surface area contributed by atoms with Crippen molar-refractivity contribution in [3.05, 3.63) is 35.4 Å². The van der Waals surface area contributed by atoms with E-state index in [0.717, 1.165) is 5.56 Å². The van der Waals surface area contributed by atoms with Crippen LogP contribution in [0.1, 0.15) is 17.5 Å². The lowest BCUT2D eigenvalue weighted by molar-refractivity contribution is -0.147. The van der Waals surface area contributed by atoms with Gasteiger partial charge >= 0.3 is 5.97 Å². The average molecular weight is 279 g/mol. The van der Waals surface area contributed by atoms with Gasteiger partial charge in [0.15, 0.2) is 0 Å². The smallest absolute Gasteiger partial charge is 0.327 e. The number of aryl methyl sites for hydroxylation is 2. The lowest BCUT2D eigenvalue weighted by Crippen LogP contribution is -2.41. The maximum Gasteiger partial charge on any atom is 0.327 e. The van der Waals surface area contributed by atoms with Crippen molar-refractivity contribution in [2.24, 2.45) is 0 Å². The van der Waals surface area contributed by atoms with Crippen molar-refractivity contribution in [3.8, 4) is 0 Å². The Morgan fingerprint density at radius 2 is 2.16 bits per heavy atom. The molecular weight excluding hydrogens is 262 g/mol. The zero-order chi connectivity index (χ0) is 13.8. The number of hydrogen-bond donors (Lipinski definition) is 1. The van der Waals surface area contributed by atoms with Crippen LogP contribution in [0, 0.1) is 6.92 Å². The van der Waals surface area contributed by atoms with Crippen molar-refractivity contribution in [3.63, 3.8) is 0 Å². The molecule has 1 amide bonds. The number of thioether (sulfide) groups is 1. The van der Waals surface area contributed by atoms with E-state index in [-0.39, 0.29) is 5.91 Å². The monoisotopic (exact) mass is 279 g/mol. The Bertz CT molecular complexity index is 489. The number of rotatable bonds is 4. The number of carboxylic acids is 1. The summed E-state index contributed by atoms with van der Waals surface area (Å²) < 4.78 is 0. The SMILES string of the molecule is Cc1ccccc1CCC(=O)N1CSC[C@H]1C(=O)O. The van der Waals surface area contributed by atoms with Gasteiger partial charge < -0.3 is 10.0 Å². The van der Waals surface area contributed by atoms with E-state index in [0.29, 0.717) is 24.5 Å². The minimum atomic E-state index is -0.908. The molecule has 0 aliphatic carbocycles. The highest BCUT2D eigenvalue weighted by atomic mass is 32.2. The normalized spacial score (nSPS) is 18.6. The number of nitrogens with zero attached hydrogens (tertiary/aromatic N) is 1. The van der Waals surface area contributed by atoms with Crippen LogP contribution in [0.15, 0.2) is 24.3 Å². The second kappa shape index (κ2) is 6.10. The molecule has 1 heterocycles. The predicted molar refractivity (Wildman–Crippen MR) is 75.1 cm³/mol. The van der Waals surface area contributed by atoms with Gasteiger partial charge in [0.2, 0.25) is 5.91 Å². The summed E-state index contributed by atoms with van der Waals surface area (Å²) in [6.45, 7) is 2.02. The molecule has 1 saturated heterocycles. The van der Waals surface area contributed by atoms with Crippen molar-refractivity contribution in [2.45, 2.75) is 25.8 Å². The van der Waals surface area contributed by atoms with Crippen LogP contribution in [0.25, 0.3) is 0 Å². The molecule has 1 aromatic carbocycles. The van der Waals surface area contributed by atoms with Crippen LogP contribution < -0.4 is 0 Å². The van der Waals surface area contributed by atoms with E-state index in [1.54, 1.807) is 0 Å². The van der Waals surface area contributed by atoms with Gasteiger partial charge in [-0.2, -0.15) is 0 Å². The van der Waals surface area contributed by atoms with Gasteiger partial charge in [-0.3, -0.25) is 4.79 Å². The van der Waals surface area contributed by atoms with E-state index >= 15 is 0 Å². The number of aliphatic carboxylic acids is 1. The van der Waals surface area contributed by atoms with Gasteiger partial charge in [-0.25, -0.2) is 4.79 Å². The van der Waals surface area contributed by atoms with Crippen LogP contribution in [0.3, 0.4) is 0 Å². The van der Waals surface area contributed by atoms with Crippen LogP contribution in [-0.4, -0.2) is 39.6 Å². The Labute approximate surface area is 116 Å². The highest BCUT2D eigenvalue weighted by molar-refractivity contribution is 7.99. The summed E-state index contributed by atoms with van der Waals surface area (Å²) in [5.74, 6) is 0.00421. The lowest BCUT2D eigenvalue weighted by atomic mass is 10.0. The van der Waals surface area contributed by atoms with Crippen LogP contribution >= 0.6 is 11.8 Å². The first-order chi connectivity index (χ1) is 9.09. The molecule has 19 heavy (non-hydrogen) atoms. The molecule has 1 fully saturated rings. The maximum absolute atomic E-state index is 12.1. The summed E-state index contributed by atoms with van der Waals surface area (Å²) in [7, 11) is 0. The van der Waals surface area contributed by atoms with Gasteiger partial charge in [0.1, 0.15) is 6.04 Å². The third-order valence-corrected chi connectivity index (χ3v) is 4.37. The Hall–Kier alpha value is -1.49. The van der Waals surface area contributed by atoms with E-state index in [9.17, 15) is 9.59 Å². The van der Waals surface area contributed by atoms with Gasteiger partial charge in [-0.05, 0) is 24.5 Å². The second-order valence-electron chi connectivity index (χ2n) is 4.64. The van der Waals surface area contributed by atoms with E-state index in [4.69, 9.17) is 5.11 Å². The number of carbonyl (C=O) groups is 2. The quantitative estimate of drug-likeness (QED) is 0.914. The fourth-order valence-electron chi connectivity index (χ4n) is 2.17. The zero-order valence-corrected chi connectivity index (χ0v) is 11.7. The number of carboxylic acid groups (broad SMARTS) is 1. The Kier molecular flexibility index (Phi) is 4.47. The largest absolute Gasteiger partial charge is 0.480 e. The van der Waals surface area contributed by atoms with Crippen LogP contribution in [0.5, 0.6) is 0 Å². The highest BCUT2D eigenvalue weighted by Gasteiger charge is 2.34.